The smallest absolute Gasteiger partial charge is 0.224 e. The second-order valence-electron chi connectivity index (χ2n) is 5.38. The molecule has 0 atom stereocenters. The van der Waals surface area contributed by atoms with Crippen molar-refractivity contribution in [1.29, 1.82) is 0 Å². The first kappa shape index (κ1) is 15.2. The number of halogens is 1. The molecule has 1 fully saturated rings. The molecule has 5 nitrogen and oxygen atoms in total. The van der Waals surface area contributed by atoms with Crippen LogP contribution in [0.5, 0.6) is 0 Å². The summed E-state index contributed by atoms with van der Waals surface area (Å²) in [5.41, 5.74) is 2.06. The van der Waals surface area contributed by atoms with Crippen molar-refractivity contribution < 1.29 is 5.11 Å². The second-order valence-corrected chi connectivity index (χ2v) is 6.24. The number of aromatic nitrogens is 2. The van der Waals surface area contributed by atoms with E-state index >= 15 is 0 Å². The Balaban J connectivity index is 1.81. The van der Waals surface area contributed by atoms with Crippen LogP contribution in [0.25, 0.3) is 0 Å². The van der Waals surface area contributed by atoms with Crippen LogP contribution >= 0.6 is 15.9 Å². The third-order valence-corrected chi connectivity index (χ3v) is 4.19. The number of para-hydroxylation sites is 1. The van der Waals surface area contributed by atoms with Crippen LogP contribution in [-0.4, -0.2) is 28.2 Å². The molecule has 0 amide bonds. The first-order valence-corrected chi connectivity index (χ1v) is 8.31. The average molecular weight is 363 g/mol. The van der Waals surface area contributed by atoms with Crippen molar-refractivity contribution >= 4 is 33.4 Å². The van der Waals surface area contributed by atoms with Crippen molar-refractivity contribution in [2.75, 3.05) is 23.8 Å². The highest BCUT2D eigenvalue weighted by atomic mass is 79.9. The van der Waals surface area contributed by atoms with Gasteiger partial charge in [0.1, 0.15) is 5.82 Å². The molecule has 1 aliphatic rings. The maximum absolute atomic E-state index is 8.88. The number of nitrogens with zero attached hydrogens (tertiary/aromatic N) is 2. The first-order valence-electron chi connectivity index (χ1n) is 7.51. The molecule has 1 aliphatic carbocycles. The SMILES string of the molecule is OCCCNc1nc(Nc2ccccc2Br)cc(C2CC2)n1. The number of aliphatic hydroxyl groups is 1. The average Bonchev–Trinajstić information content (AvgIpc) is 3.35. The van der Waals surface area contributed by atoms with E-state index in [4.69, 9.17) is 5.11 Å². The van der Waals surface area contributed by atoms with Crippen molar-refractivity contribution in [2.24, 2.45) is 0 Å². The summed E-state index contributed by atoms with van der Waals surface area (Å²) in [6.07, 6.45) is 3.08. The van der Waals surface area contributed by atoms with Crippen LogP contribution in [0, 0.1) is 0 Å². The Morgan fingerprint density at radius 3 is 2.77 bits per heavy atom. The van der Waals surface area contributed by atoms with E-state index < -0.39 is 0 Å². The summed E-state index contributed by atoms with van der Waals surface area (Å²) in [7, 11) is 0. The largest absolute Gasteiger partial charge is 0.396 e. The van der Waals surface area contributed by atoms with Gasteiger partial charge >= 0.3 is 0 Å². The van der Waals surface area contributed by atoms with Gasteiger partial charge < -0.3 is 15.7 Å². The molecule has 1 heterocycles. The lowest BCUT2D eigenvalue weighted by Crippen LogP contribution is -2.09. The van der Waals surface area contributed by atoms with Gasteiger partial charge in [-0.3, -0.25) is 0 Å². The van der Waals surface area contributed by atoms with Crippen LogP contribution in [0.2, 0.25) is 0 Å². The normalized spacial score (nSPS) is 13.9. The van der Waals surface area contributed by atoms with Gasteiger partial charge in [0.05, 0.1) is 11.4 Å². The maximum Gasteiger partial charge on any atom is 0.224 e. The molecule has 0 bridgehead atoms. The lowest BCUT2D eigenvalue weighted by atomic mass is 10.2. The molecule has 0 unspecified atom stereocenters. The van der Waals surface area contributed by atoms with Crippen LogP contribution in [0.1, 0.15) is 30.9 Å². The molecule has 1 aromatic carbocycles. The molecule has 0 aliphatic heterocycles. The van der Waals surface area contributed by atoms with Crippen LogP contribution in [0.3, 0.4) is 0 Å². The first-order chi connectivity index (χ1) is 10.8. The van der Waals surface area contributed by atoms with E-state index in [9.17, 15) is 0 Å². The van der Waals surface area contributed by atoms with E-state index in [-0.39, 0.29) is 6.61 Å². The minimum Gasteiger partial charge on any atom is -0.396 e. The number of aliphatic hydroxyl groups excluding tert-OH is 1. The molecule has 3 N–H and O–H groups in total. The van der Waals surface area contributed by atoms with Gasteiger partial charge in [0.15, 0.2) is 0 Å². The summed E-state index contributed by atoms with van der Waals surface area (Å²) in [6, 6.07) is 9.98. The van der Waals surface area contributed by atoms with E-state index in [0.717, 1.165) is 21.7 Å². The zero-order valence-corrected chi connectivity index (χ0v) is 13.8. The zero-order chi connectivity index (χ0) is 15.4. The number of rotatable bonds is 7. The van der Waals surface area contributed by atoms with Crippen molar-refractivity contribution in [3.8, 4) is 0 Å². The second kappa shape index (κ2) is 7.07. The van der Waals surface area contributed by atoms with Gasteiger partial charge in [-0.05, 0) is 47.3 Å². The molecule has 22 heavy (non-hydrogen) atoms. The number of nitrogens with one attached hydrogen (secondary N) is 2. The predicted molar refractivity (Wildman–Crippen MR) is 91.6 cm³/mol. The van der Waals surface area contributed by atoms with Gasteiger partial charge in [-0.2, -0.15) is 4.98 Å². The third-order valence-electron chi connectivity index (χ3n) is 3.50. The van der Waals surface area contributed by atoms with Crippen molar-refractivity contribution in [2.45, 2.75) is 25.2 Å². The summed E-state index contributed by atoms with van der Waals surface area (Å²) in [5.74, 6) is 1.96. The zero-order valence-electron chi connectivity index (χ0n) is 12.2. The van der Waals surface area contributed by atoms with Crippen molar-refractivity contribution in [1.82, 2.24) is 9.97 Å². The topological polar surface area (TPSA) is 70.1 Å². The molecule has 0 saturated heterocycles. The summed E-state index contributed by atoms with van der Waals surface area (Å²) in [6.45, 7) is 0.830. The van der Waals surface area contributed by atoms with E-state index in [1.165, 1.54) is 12.8 Å². The minimum absolute atomic E-state index is 0.164. The molecular weight excluding hydrogens is 344 g/mol. The van der Waals surface area contributed by atoms with Crippen LogP contribution in [-0.2, 0) is 0 Å². The quantitative estimate of drug-likeness (QED) is 0.655. The Morgan fingerprint density at radius 2 is 2.05 bits per heavy atom. The van der Waals surface area contributed by atoms with Crippen LogP contribution in [0.15, 0.2) is 34.8 Å². The van der Waals surface area contributed by atoms with Crippen LogP contribution in [0.4, 0.5) is 17.5 Å². The van der Waals surface area contributed by atoms with Gasteiger partial charge in [0.25, 0.3) is 0 Å². The molecule has 1 aromatic heterocycles. The standard InChI is InChI=1S/C16H19BrN4O/c17-12-4-1-2-5-13(12)19-15-10-14(11-6-7-11)20-16(21-15)18-8-3-9-22/h1-2,4-5,10-11,22H,3,6-9H2,(H2,18,19,20,21). The van der Waals surface area contributed by atoms with Crippen LogP contribution < -0.4 is 10.6 Å². The number of anilines is 3. The predicted octanol–water partition coefficient (Wildman–Crippen LogP) is 3.65. The molecule has 6 heteroatoms. The van der Waals surface area contributed by atoms with Crippen molar-refractivity contribution in [3.05, 3.63) is 40.5 Å². The van der Waals surface area contributed by atoms with E-state index in [2.05, 4.69) is 36.5 Å². The number of hydrogen-bond donors (Lipinski definition) is 3. The summed E-state index contributed by atoms with van der Waals surface area (Å²) in [4.78, 5) is 9.09. The fourth-order valence-corrected chi connectivity index (χ4v) is 2.56. The Bertz CT molecular complexity index is 646. The highest BCUT2D eigenvalue weighted by molar-refractivity contribution is 9.10. The fraction of sp³-hybridized carbons (Fsp3) is 0.375. The van der Waals surface area contributed by atoms with E-state index in [0.29, 0.717) is 24.8 Å². The lowest BCUT2D eigenvalue weighted by molar-refractivity contribution is 0.292. The molecule has 0 spiro atoms. The van der Waals surface area contributed by atoms with Gasteiger partial charge in [-0.25, -0.2) is 4.98 Å². The minimum atomic E-state index is 0.164. The third kappa shape index (κ3) is 3.96. The summed E-state index contributed by atoms with van der Waals surface area (Å²) >= 11 is 3.53. The van der Waals surface area contributed by atoms with E-state index in [1.807, 2.05) is 30.3 Å². The summed E-state index contributed by atoms with van der Waals surface area (Å²) < 4.78 is 0.997. The monoisotopic (exact) mass is 362 g/mol. The molecule has 3 rings (SSSR count). The van der Waals surface area contributed by atoms with E-state index in [1.54, 1.807) is 0 Å². The Morgan fingerprint density at radius 1 is 1.23 bits per heavy atom. The highest BCUT2D eigenvalue weighted by Gasteiger charge is 2.26. The molecule has 1 saturated carbocycles. The Labute approximate surface area is 138 Å². The van der Waals surface area contributed by atoms with Gasteiger partial charge in [0.2, 0.25) is 5.95 Å². The highest BCUT2D eigenvalue weighted by Crippen LogP contribution is 2.40. The summed E-state index contributed by atoms with van der Waals surface area (Å²) in [5, 5.41) is 15.4. The Hall–Kier alpha value is -1.66. The van der Waals surface area contributed by atoms with Gasteiger partial charge in [-0.1, -0.05) is 12.1 Å². The van der Waals surface area contributed by atoms with Gasteiger partial charge in [0, 0.05) is 29.6 Å². The van der Waals surface area contributed by atoms with Crippen molar-refractivity contribution in [3.63, 3.8) is 0 Å². The van der Waals surface area contributed by atoms with Gasteiger partial charge in [-0.15, -0.1) is 0 Å². The molecule has 0 radical (unpaired) electrons. The fourth-order valence-electron chi connectivity index (χ4n) is 2.18. The molecule has 116 valence electrons. The molecule has 2 aromatic rings. The molecular formula is C16H19BrN4O. The lowest BCUT2D eigenvalue weighted by Gasteiger charge is -2.11. The maximum atomic E-state index is 8.88. The number of benzene rings is 1. The number of hydrogen-bond acceptors (Lipinski definition) is 5. The Kier molecular flexibility index (Phi) is 4.90.